The predicted molar refractivity (Wildman–Crippen MR) is 66.9 cm³/mol. The van der Waals surface area contributed by atoms with Crippen LogP contribution in [0, 0.1) is 11.3 Å². The number of carbonyl (C=O) groups excluding carboxylic acids is 1. The number of nitrogens with two attached hydrogens (primary N) is 1. The fourth-order valence-corrected chi connectivity index (χ4v) is 2.82. The zero-order chi connectivity index (χ0) is 13.2. The number of carboxylic acid groups (broad SMARTS) is 1. The largest absolute Gasteiger partial charge is 0.480 e. The van der Waals surface area contributed by atoms with Crippen molar-refractivity contribution >= 4 is 11.9 Å². The minimum atomic E-state index is -0.914. The van der Waals surface area contributed by atoms with Crippen LogP contribution < -0.4 is 11.1 Å². The average Bonchev–Trinajstić information content (AvgIpc) is 3.17. The SMILES string of the molecule is NCC1(C(=O)NC(C(=O)O)C2CCCCC2)CC1. The van der Waals surface area contributed by atoms with Crippen LogP contribution in [0.2, 0.25) is 0 Å². The number of rotatable bonds is 5. The molecule has 1 unspecified atom stereocenters. The number of hydrogen-bond acceptors (Lipinski definition) is 3. The fraction of sp³-hybridized carbons (Fsp3) is 0.846. The molecule has 0 aliphatic heterocycles. The molecule has 5 nitrogen and oxygen atoms in total. The first-order valence-corrected chi connectivity index (χ1v) is 6.83. The van der Waals surface area contributed by atoms with Crippen LogP contribution in [0.15, 0.2) is 0 Å². The first-order valence-electron chi connectivity index (χ1n) is 6.83. The normalized spacial score (nSPS) is 24.3. The summed E-state index contributed by atoms with van der Waals surface area (Å²) in [5.74, 6) is -1.00. The highest BCUT2D eigenvalue weighted by Gasteiger charge is 2.49. The summed E-state index contributed by atoms with van der Waals surface area (Å²) in [6.07, 6.45) is 6.65. The van der Waals surface area contributed by atoms with Crippen LogP contribution in [0.1, 0.15) is 44.9 Å². The molecule has 0 radical (unpaired) electrons. The Balaban J connectivity index is 1.97. The van der Waals surface area contributed by atoms with Crippen LogP contribution in [-0.2, 0) is 9.59 Å². The van der Waals surface area contributed by atoms with E-state index in [-0.39, 0.29) is 11.8 Å². The predicted octanol–water partition coefficient (Wildman–Crippen LogP) is 0.875. The zero-order valence-corrected chi connectivity index (χ0v) is 10.7. The van der Waals surface area contributed by atoms with Crippen LogP contribution >= 0.6 is 0 Å². The topological polar surface area (TPSA) is 92.4 Å². The highest BCUT2D eigenvalue weighted by Crippen LogP contribution is 2.45. The Kier molecular flexibility index (Phi) is 3.90. The van der Waals surface area contributed by atoms with Crippen molar-refractivity contribution in [3.63, 3.8) is 0 Å². The Labute approximate surface area is 107 Å². The Hall–Kier alpha value is -1.10. The molecule has 1 amide bonds. The van der Waals surface area contributed by atoms with Crippen molar-refractivity contribution in [2.45, 2.75) is 51.0 Å². The molecular formula is C13H22N2O3. The van der Waals surface area contributed by atoms with E-state index in [1.54, 1.807) is 0 Å². The number of carboxylic acids is 1. The molecule has 2 saturated carbocycles. The molecule has 0 heterocycles. The lowest BCUT2D eigenvalue weighted by atomic mass is 9.83. The molecule has 0 bridgehead atoms. The number of nitrogens with one attached hydrogen (secondary N) is 1. The van der Waals surface area contributed by atoms with Crippen molar-refractivity contribution in [1.82, 2.24) is 5.32 Å². The van der Waals surface area contributed by atoms with Gasteiger partial charge in [-0.05, 0) is 31.6 Å². The van der Waals surface area contributed by atoms with E-state index in [0.717, 1.165) is 38.5 Å². The summed E-state index contributed by atoms with van der Waals surface area (Å²) in [5.41, 5.74) is 5.12. The van der Waals surface area contributed by atoms with Crippen molar-refractivity contribution in [3.8, 4) is 0 Å². The van der Waals surface area contributed by atoms with Crippen molar-refractivity contribution in [2.24, 2.45) is 17.1 Å². The third kappa shape index (κ3) is 2.66. The van der Waals surface area contributed by atoms with Crippen LogP contribution in [0.4, 0.5) is 0 Å². The molecule has 18 heavy (non-hydrogen) atoms. The van der Waals surface area contributed by atoms with E-state index in [9.17, 15) is 14.7 Å². The van der Waals surface area contributed by atoms with E-state index in [1.165, 1.54) is 6.42 Å². The second kappa shape index (κ2) is 5.26. The van der Waals surface area contributed by atoms with Gasteiger partial charge in [0.05, 0.1) is 5.41 Å². The maximum Gasteiger partial charge on any atom is 0.326 e. The van der Waals surface area contributed by atoms with Crippen LogP contribution in [0.5, 0.6) is 0 Å². The smallest absolute Gasteiger partial charge is 0.326 e. The van der Waals surface area contributed by atoms with Crippen molar-refractivity contribution < 1.29 is 14.7 Å². The maximum absolute atomic E-state index is 12.1. The molecule has 0 aromatic rings. The van der Waals surface area contributed by atoms with Gasteiger partial charge in [0.25, 0.3) is 0 Å². The number of hydrogen-bond donors (Lipinski definition) is 3. The summed E-state index contributed by atoms with van der Waals surface area (Å²) in [6.45, 7) is 0.315. The molecule has 2 aliphatic carbocycles. The van der Waals surface area contributed by atoms with Crippen LogP contribution in [0.25, 0.3) is 0 Å². The van der Waals surface area contributed by atoms with Gasteiger partial charge in [0.15, 0.2) is 0 Å². The maximum atomic E-state index is 12.1. The number of amides is 1. The van der Waals surface area contributed by atoms with E-state index in [2.05, 4.69) is 5.32 Å². The Morgan fingerprint density at radius 3 is 2.33 bits per heavy atom. The molecule has 0 spiro atoms. The first kappa shape index (κ1) is 13.3. The van der Waals surface area contributed by atoms with Gasteiger partial charge in [-0.25, -0.2) is 4.79 Å². The van der Waals surface area contributed by atoms with Gasteiger partial charge in [-0.3, -0.25) is 4.79 Å². The summed E-state index contributed by atoms with van der Waals surface area (Å²) in [4.78, 5) is 23.4. The number of aliphatic carboxylic acids is 1. The van der Waals surface area contributed by atoms with E-state index in [0.29, 0.717) is 6.54 Å². The lowest BCUT2D eigenvalue weighted by molar-refractivity contribution is -0.144. The Morgan fingerprint density at radius 2 is 1.89 bits per heavy atom. The van der Waals surface area contributed by atoms with Gasteiger partial charge >= 0.3 is 5.97 Å². The van der Waals surface area contributed by atoms with Crippen LogP contribution in [-0.4, -0.2) is 29.6 Å². The molecular weight excluding hydrogens is 232 g/mol. The fourth-order valence-electron chi connectivity index (χ4n) is 2.82. The Bertz CT molecular complexity index is 333. The molecule has 2 fully saturated rings. The molecule has 2 aliphatic rings. The van der Waals surface area contributed by atoms with Gasteiger partial charge in [-0.15, -0.1) is 0 Å². The van der Waals surface area contributed by atoms with Gasteiger partial charge in [-0.2, -0.15) is 0 Å². The van der Waals surface area contributed by atoms with Crippen molar-refractivity contribution in [1.29, 1.82) is 0 Å². The monoisotopic (exact) mass is 254 g/mol. The first-order chi connectivity index (χ1) is 8.59. The van der Waals surface area contributed by atoms with E-state index >= 15 is 0 Å². The molecule has 0 aromatic carbocycles. The van der Waals surface area contributed by atoms with Crippen LogP contribution in [0.3, 0.4) is 0 Å². The Morgan fingerprint density at radius 1 is 1.28 bits per heavy atom. The number of carbonyl (C=O) groups is 2. The molecule has 2 rings (SSSR count). The standard InChI is InChI=1S/C13H22N2O3/c14-8-13(6-7-13)12(18)15-10(11(16)17)9-4-2-1-3-5-9/h9-10H,1-8,14H2,(H,15,18)(H,16,17). The van der Waals surface area contributed by atoms with E-state index < -0.39 is 17.4 Å². The van der Waals surface area contributed by atoms with E-state index in [4.69, 9.17) is 5.73 Å². The molecule has 102 valence electrons. The molecule has 0 aromatic heterocycles. The van der Waals surface area contributed by atoms with Gasteiger partial charge in [0.1, 0.15) is 6.04 Å². The quantitative estimate of drug-likeness (QED) is 0.679. The molecule has 0 saturated heterocycles. The minimum absolute atomic E-state index is 0.0776. The second-order valence-corrected chi connectivity index (χ2v) is 5.67. The third-order valence-electron chi connectivity index (χ3n) is 4.40. The summed E-state index contributed by atoms with van der Waals surface area (Å²) in [5, 5.41) is 12.0. The van der Waals surface area contributed by atoms with Gasteiger partial charge in [0, 0.05) is 6.54 Å². The molecule has 1 atom stereocenters. The lowest BCUT2D eigenvalue weighted by Gasteiger charge is -2.29. The van der Waals surface area contributed by atoms with E-state index in [1.807, 2.05) is 0 Å². The van der Waals surface area contributed by atoms with Gasteiger partial charge in [0.2, 0.25) is 5.91 Å². The van der Waals surface area contributed by atoms with Gasteiger partial charge in [-0.1, -0.05) is 19.3 Å². The molecule has 4 N–H and O–H groups in total. The minimum Gasteiger partial charge on any atom is -0.480 e. The second-order valence-electron chi connectivity index (χ2n) is 5.67. The van der Waals surface area contributed by atoms with Gasteiger partial charge < -0.3 is 16.2 Å². The summed E-state index contributed by atoms with van der Waals surface area (Å²) < 4.78 is 0. The summed E-state index contributed by atoms with van der Waals surface area (Å²) >= 11 is 0. The third-order valence-corrected chi connectivity index (χ3v) is 4.40. The molecule has 5 heteroatoms. The summed E-state index contributed by atoms with van der Waals surface area (Å²) in [7, 11) is 0. The average molecular weight is 254 g/mol. The highest BCUT2D eigenvalue weighted by atomic mass is 16.4. The summed E-state index contributed by atoms with van der Waals surface area (Å²) in [6, 6.07) is -0.734. The lowest BCUT2D eigenvalue weighted by Crippen LogP contribution is -2.50. The zero-order valence-electron chi connectivity index (χ0n) is 10.7. The van der Waals surface area contributed by atoms with Crippen molar-refractivity contribution in [2.75, 3.05) is 6.54 Å². The van der Waals surface area contributed by atoms with Crippen molar-refractivity contribution in [3.05, 3.63) is 0 Å². The highest BCUT2D eigenvalue weighted by molar-refractivity contribution is 5.89.